The highest BCUT2D eigenvalue weighted by atomic mass is 16.6. The fourth-order valence-electron chi connectivity index (χ4n) is 3.96. The van der Waals surface area contributed by atoms with E-state index >= 15 is 0 Å². The molecule has 3 rings (SSSR count). The predicted molar refractivity (Wildman–Crippen MR) is 75.5 cm³/mol. The van der Waals surface area contributed by atoms with Crippen molar-refractivity contribution in [1.29, 1.82) is 0 Å². The van der Waals surface area contributed by atoms with Crippen LogP contribution in [0.1, 0.15) is 40.0 Å². The maximum Gasteiger partial charge on any atom is 0.101 e. The van der Waals surface area contributed by atoms with E-state index in [0.717, 1.165) is 25.9 Å². The molecule has 0 aromatic rings. The van der Waals surface area contributed by atoms with Crippen molar-refractivity contribution in [1.82, 2.24) is 0 Å². The molecule has 1 saturated carbocycles. The normalized spacial score (nSPS) is 50.0. The van der Waals surface area contributed by atoms with Gasteiger partial charge in [0.1, 0.15) is 5.60 Å². The van der Waals surface area contributed by atoms with Crippen LogP contribution in [0.2, 0.25) is 0 Å². The standard InChI is InChI=1S/C16H26O4/c1-10(2)5-6-12-15(3,20-12)14-13(18-4)11(17)7-8-16(14)9-19-16/h5,11-14,17H,6-9H2,1-4H3/t11-,12-,13-,14+,15+,16-/m1/s1. The molecule has 1 aliphatic carbocycles. The third kappa shape index (κ3) is 2.23. The molecular weight excluding hydrogens is 256 g/mol. The fourth-order valence-corrected chi connectivity index (χ4v) is 3.96. The van der Waals surface area contributed by atoms with Crippen molar-refractivity contribution in [3.63, 3.8) is 0 Å². The van der Waals surface area contributed by atoms with Crippen LogP contribution in [0.5, 0.6) is 0 Å². The topological polar surface area (TPSA) is 54.5 Å². The van der Waals surface area contributed by atoms with Crippen molar-refractivity contribution in [3.05, 3.63) is 11.6 Å². The first kappa shape index (κ1) is 14.5. The molecule has 0 bridgehead atoms. The second kappa shape index (κ2) is 4.80. The number of allylic oxidation sites excluding steroid dienone is 1. The van der Waals surface area contributed by atoms with Gasteiger partial charge in [-0.3, -0.25) is 0 Å². The Kier molecular flexibility index (Phi) is 3.49. The Morgan fingerprint density at radius 2 is 2.15 bits per heavy atom. The van der Waals surface area contributed by atoms with E-state index in [1.165, 1.54) is 5.57 Å². The summed E-state index contributed by atoms with van der Waals surface area (Å²) in [7, 11) is 1.68. The van der Waals surface area contributed by atoms with Gasteiger partial charge in [0, 0.05) is 7.11 Å². The molecule has 1 N–H and O–H groups in total. The van der Waals surface area contributed by atoms with Crippen LogP contribution in [0, 0.1) is 5.92 Å². The number of methoxy groups -OCH3 is 1. The molecule has 2 saturated heterocycles. The third-order valence-electron chi connectivity index (χ3n) is 5.26. The highest BCUT2D eigenvalue weighted by Crippen LogP contribution is 2.59. The van der Waals surface area contributed by atoms with Gasteiger partial charge in [0.2, 0.25) is 0 Å². The van der Waals surface area contributed by atoms with Crippen LogP contribution in [0.15, 0.2) is 11.6 Å². The molecule has 0 aromatic carbocycles. The lowest BCUT2D eigenvalue weighted by Gasteiger charge is -2.41. The minimum atomic E-state index is -0.412. The second-order valence-electron chi connectivity index (χ2n) is 6.94. The van der Waals surface area contributed by atoms with E-state index in [2.05, 4.69) is 26.8 Å². The molecule has 4 heteroatoms. The lowest BCUT2D eigenvalue weighted by molar-refractivity contribution is -0.116. The number of aliphatic hydroxyl groups excluding tert-OH is 1. The second-order valence-corrected chi connectivity index (χ2v) is 6.94. The number of epoxide rings is 2. The summed E-state index contributed by atoms with van der Waals surface area (Å²) in [5, 5.41) is 10.2. The van der Waals surface area contributed by atoms with Crippen LogP contribution in [0.3, 0.4) is 0 Å². The summed E-state index contributed by atoms with van der Waals surface area (Å²) in [6, 6.07) is 0. The van der Waals surface area contributed by atoms with Crippen LogP contribution in [0.25, 0.3) is 0 Å². The molecule has 0 radical (unpaired) electrons. The quantitative estimate of drug-likeness (QED) is 0.633. The summed E-state index contributed by atoms with van der Waals surface area (Å²) in [5.41, 5.74) is 0.964. The number of rotatable bonds is 4. The number of hydrogen-bond acceptors (Lipinski definition) is 4. The molecule has 114 valence electrons. The molecule has 3 fully saturated rings. The molecule has 20 heavy (non-hydrogen) atoms. The van der Waals surface area contributed by atoms with Crippen molar-refractivity contribution >= 4 is 0 Å². The Morgan fingerprint density at radius 1 is 1.45 bits per heavy atom. The van der Waals surface area contributed by atoms with E-state index in [-0.39, 0.29) is 29.3 Å². The first-order chi connectivity index (χ1) is 9.43. The molecule has 4 nitrogen and oxygen atoms in total. The van der Waals surface area contributed by atoms with E-state index in [0.29, 0.717) is 0 Å². The number of hydrogen-bond donors (Lipinski definition) is 1. The largest absolute Gasteiger partial charge is 0.390 e. The van der Waals surface area contributed by atoms with Gasteiger partial charge in [-0.1, -0.05) is 11.6 Å². The maximum absolute atomic E-state index is 10.2. The molecule has 2 heterocycles. The lowest BCUT2D eigenvalue weighted by Crippen LogP contribution is -2.54. The summed E-state index contributed by atoms with van der Waals surface area (Å²) in [6.45, 7) is 7.13. The van der Waals surface area contributed by atoms with Crippen molar-refractivity contribution in [2.75, 3.05) is 13.7 Å². The number of aliphatic hydroxyl groups is 1. The summed E-state index contributed by atoms with van der Waals surface area (Å²) in [4.78, 5) is 0. The van der Waals surface area contributed by atoms with Gasteiger partial charge in [-0.05, 0) is 40.0 Å². The molecular formula is C16H26O4. The van der Waals surface area contributed by atoms with Crippen molar-refractivity contribution in [3.8, 4) is 0 Å². The average Bonchev–Trinajstić information content (AvgIpc) is 3.29. The predicted octanol–water partition coefficient (Wildman–Crippen LogP) is 2.06. The van der Waals surface area contributed by atoms with Gasteiger partial charge in [-0.25, -0.2) is 0 Å². The maximum atomic E-state index is 10.2. The average molecular weight is 282 g/mol. The van der Waals surface area contributed by atoms with Crippen LogP contribution in [-0.4, -0.2) is 48.3 Å². The van der Waals surface area contributed by atoms with Crippen LogP contribution < -0.4 is 0 Å². The van der Waals surface area contributed by atoms with Gasteiger partial charge < -0.3 is 19.3 Å². The van der Waals surface area contributed by atoms with Crippen molar-refractivity contribution in [2.45, 2.75) is 69.5 Å². The van der Waals surface area contributed by atoms with Gasteiger partial charge >= 0.3 is 0 Å². The van der Waals surface area contributed by atoms with E-state index in [1.54, 1.807) is 7.11 Å². The lowest BCUT2D eigenvalue weighted by atomic mass is 9.68. The smallest absolute Gasteiger partial charge is 0.101 e. The molecule has 1 spiro atoms. The zero-order valence-electron chi connectivity index (χ0n) is 12.9. The van der Waals surface area contributed by atoms with E-state index in [4.69, 9.17) is 14.2 Å². The minimum Gasteiger partial charge on any atom is -0.390 e. The summed E-state index contributed by atoms with van der Waals surface area (Å²) in [6.07, 6.45) is 4.43. The highest BCUT2D eigenvalue weighted by molar-refractivity contribution is 5.20. The Bertz CT molecular complexity index is 411. The van der Waals surface area contributed by atoms with Gasteiger partial charge in [-0.2, -0.15) is 0 Å². The van der Waals surface area contributed by atoms with E-state index in [1.807, 2.05) is 0 Å². The highest BCUT2D eigenvalue weighted by Gasteiger charge is 2.71. The molecule has 0 aromatic heterocycles. The summed E-state index contributed by atoms with van der Waals surface area (Å²) < 4.78 is 17.4. The Hall–Kier alpha value is -0.420. The van der Waals surface area contributed by atoms with Crippen molar-refractivity contribution < 1.29 is 19.3 Å². The Labute approximate surface area is 121 Å². The third-order valence-corrected chi connectivity index (χ3v) is 5.26. The molecule has 3 aliphatic rings. The van der Waals surface area contributed by atoms with Crippen molar-refractivity contribution in [2.24, 2.45) is 5.92 Å². The van der Waals surface area contributed by atoms with Crippen LogP contribution in [-0.2, 0) is 14.2 Å². The summed E-state index contributed by atoms with van der Waals surface area (Å²) in [5.74, 6) is 0.124. The summed E-state index contributed by atoms with van der Waals surface area (Å²) >= 11 is 0. The monoisotopic (exact) mass is 282 g/mol. The number of ether oxygens (including phenoxy) is 3. The minimum absolute atomic E-state index is 0.117. The van der Waals surface area contributed by atoms with Gasteiger partial charge in [0.15, 0.2) is 0 Å². The first-order valence-electron chi connectivity index (χ1n) is 7.59. The van der Waals surface area contributed by atoms with Crippen LogP contribution >= 0.6 is 0 Å². The zero-order valence-corrected chi connectivity index (χ0v) is 12.9. The van der Waals surface area contributed by atoms with Gasteiger partial charge in [0.05, 0.1) is 36.4 Å². The molecule has 6 atom stereocenters. The first-order valence-corrected chi connectivity index (χ1v) is 7.59. The van der Waals surface area contributed by atoms with Gasteiger partial charge in [-0.15, -0.1) is 0 Å². The Balaban J connectivity index is 1.78. The van der Waals surface area contributed by atoms with Gasteiger partial charge in [0.25, 0.3) is 0 Å². The SMILES string of the molecule is CO[C@@H]1[C@H](O)CC[C@@]2(CO2)[C@@H]1[C@@]1(C)O[C@@H]1CC=C(C)C. The molecule has 2 aliphatic heterocycles. The zero-order chi connectivity index (χ0) is 14.5. The fraction of sp³-hybridized carbons (Fsp3) is 0.875. The van der Waals surface area contributed by atoms with Crippen LogP contribution in [0.4, 0.5) is 0 Å². The molecule has 0 amide bonds. The molecule has 0 unspecified atom stereocenters. The van der Waals surface area contributed by atoms with E-state index in [9.17, 15) is 5.11 Å². The Morgan fingerprint density at radius 3 is 2.70 bits per heavy atom. The van der Waals surface area contributed by atoms with E-state index < -0.39 is 6.10 Å².